The topological polar surface area (TPSA) is 53.0 Å². The molecule has 34 heavy (non-hydrogen) atoms. The molecular formula is C29H28N2O3. The molecule has 0 saturated carbocycles. The number of hydrogen-bond acceptors (Lipinski definition) is 5. The Morgan fingerprint density at radius 3 is 2.21 bits per heavy atom. The van der Waals surface area contributed by atoms with Crippen LogP contribution in [0.25, 0.3) is 10.8 Å². The van der Waals surface area contributed by atoms with Crippen molar-refractivity contribution in [3.05, 3.63) is 108 Å². The summed E-state index contributed by atoms with van der Waals surface area (Å²) < 4.78 is 4.87. The van der Waals surface area contributed by atoms with Crippen LogP contribution < -0.4 is 4.90 Å². The van der Waals surface area contributed by atoms with E-state index in [0.29, 0.717) is 5.56 Å². The summed E-state index contributed by atoms with van der Waals surface area (Å²) >= 11 is 0. The number of hydrogen-bond donors (Lipinski definition) is 1. The molecule has 1 aliphatic rings. The number of rotatable bonds is 5. The lowest BCUT2D eigenvalue weighted by Crippen LogP contribution is -2.48. The minimum absolute atomic E-state index is 0.143. The summed E-state index contributed by atoms with van der Waals surface area (Å²) in [6.45, 7) is 3.49. The van der Waals surface area contributed by atoms with Crippen molar-refractivity contribution in [3.8, 4) is 5.75 Å². The number of phenols is 1. The average molecular weight is 453 g/mol. The van der Waals surface area contributed by atoms with Gasteiger partial charge in [-0.05, 0) is 46.7 Å². The van der Waals surface area contributed by atoms with Crippen LogP contribution >= 0.6 is 0 Å². The van der Waals surface area contributed by atoms with Crippen molar-refractivity contribution in [1.82, 2.24) is 4.90 Å². The quantitative estimate of drug-likeness (QED) is 0.420. The van der Waals surface area contributed by atoms with E-state index in [9.17, 15) is 9.90 Å². The van der Waals surface area contributed by atoms with E-state index in [0.717, 1.165) is 48.1 Å². The van der Waals surface area contributed by atoms with E-state index in [2.05, 4.69) is 46.2 Å². The summed E-state index contributed by atoms with van der Waals surface area (Å²) in [6.07, 6.45) is 0. The smallest absolute Gasteiger partial charge is 0.337 e. The number of phenolic OH excluding ortho intramolecular Hbond substituents is 1. The Bertz CT molecular complexity index is 1280. The van der Waals surface area contributed by atoms with Gasteiger partial charge in [0.1, 0.15) is 5.75 Å². The predicted molar refractivity (Wildman–Crippen MR) is 135 cm³/mol. The first kappa shape index (κ1) is 22.0. The van der Waals surface area contributed by atoms with Crippen LogP contribution in [0.4, 0.5) is 5.69 Å². The highest BCUT2D eigenvalue weighted by atomic mass is 16.5. The van der Waals surface area contributed by atoms with Crippen LogP contribution in [0.3, 0.4) is 0 Å². The number of methoxy groups -OCH3 is 1. The van der Waals surface area contributed by atoms with E-state index < -0.39 is 0 Å². The highest BCUT2D eigenvalue weighted by molar-refractivity contribution is 5.90. The molecule has 0 unspecified atom stereocenters. The molecule has 4 aromatic rings. The summed E-state index contributed by atoms with van der Waals surface area (Å²) in [5.74, 6) is -0.0705. The van der Waals surface area contributed by atoms with Crippen molar-refractivity contribution >= 4 is 22.4 Å². The van der Waals surface area contributed by atoms with Gasteiger partial charge in [-0.2, -0.15) is 0 Å². The molecule has 172 valence electrons. The van der Waals surface area contributed by atoms with E-state index in [1.54, 1.807) is 18.2 Å². The molecule has 0 aliphatic carbocycles. The third kappa shape index (κ3) is 4.22. The van der Waals surface area contributed by atoms with Gasteiger partial charge in [0.25, 0.3) is 0 Å². The molecule has 0 radical (unpaired) electrons. The fourth-order valence-electron chi connectivity index (χ4n) is 4.93. The molecule has 0 amide bonds. The molecule has 5 rings (SSSR count). The molecule has 1 saturated heterocycles. The van der Waals surface area contributed by atoms with E-state index in [1.165, 1.54) is 12.8 Å². The number of esters is 1. The van der Waals surface area contributed by atoms with Crippen LogP contribution in [0, 0.1) is 0 Å². The zero-order valence-corrected chi connectivity index (χ0v) is 19.2. The second kappa shape index (κ2) is 9.57. The summed E-state index contributed by atoms with van der Waals surface area (Å²) in [6, 6.07) is 29.8. The summed E-state index contributed by atoms with van der Waals surface area (Å²) in [5.41, 5.74) is 3.68. The van der Waals surface area contributed by atoms with E-state index in [1.807, 2.05) is 36.4 Å². The first-order chi connectivity index (χ1) is 16.7. The monoisotopic (exact) mass is 452 g/mol. The molecule has 0 bridgehead atoms. The lowest BCUT2D eigenvalue weighted by atomic mass is 9.90. The van der Waals surface area contributed by atoms with Gasteiger partial charge < -0.3 is 14.7 Å². The van der Waals surface area contributed by atoms with Crippen LogP contribution in [0.15, 0.2) is 91.0 Å². The van der Waals surface area contributed by atoms with Gasteiger partial charge in [-0.3, -0.25) is 4.90 Å². The molecule has 1 fully saturated rings. The van der Waals surface area contributed by atoms with Gasteiger partial charge >= 0.3 is 5.97 Å². The van der Waals surface area contributed by atoms with E-state index >= 15 is 0 Å². The van der Waals surface area contributed by atoms with Gasteiger partial charge in [-0.15, -0.1) is 0 Å². The molecule has 5 nitrogen and oxygen atoms in total. The number of fused-ring (bicyclic) bond motifs is 1. The largest absolute Gasteiger partial charge is 0.508 e. The third-order valence-electron chi connectivity index (χ3n) is 6.67. The van der Waals surface area contributed by atoms with Crippen molar-refractivity contribution in [1.29, 1.82) is 0 Å². The van der Waals surface area contributed by atoms with Gasteiger partial charge in [-0.1, -0.05) is 60.7 Å². The second-order valence-corrected chi connectivity index (χ2v) is 8.59. The molecule has 0 aromatic heterocycles. The molecule has 1 N–H and O–H groups in total. The van der Waals surface area contributed by atoms with Crippen LogP contribution in [0.1, 0.15) is 27.5 Å². The maximum Gasteiger partial charge on any atom is 0.337 e. The number of para-hydroxylation sites is 1. The molecule has 1 heterocycles. The number of nitrogens with zero attached hydrogens (tertiary/aromatic N) is 2. The Kier molecular flexibility index (Phi) is 6.19. The number of piperazine rings is 1. The number of aromatic hydroxyl groups is 1. The molecule has 5 heteroatoms. The fraction of sp³-hybridized carbons (Fsp3) is 0.207. The van der Waals surface area contributed by atoms with Crippen LogP contribution in [0.5, 0.6) is 5.75 Å². The average Bonchev–Trinajstić information content (AvgIpc) is 2.91. The number of carbonyl (C=O) groups excluding carboxylic acids is 1. The van der Waals surface area contributed by atoms with Gasteiger partial charge in [0.2, 0.25) is 0 Å². The van der Waals surface area contributed by atoms with Crippen molar-refractivity contribution in [2.45, 2.75) is 6.04 Å². The van der Waals surface area contributed by atoms with Crippen LogP contribution in [-0.4, -0.2) is 49.3 Å². The Morgan fingerprint density at radius 1 is 0.824 bits per heavy atom. The van der Waals surface area contributed by atoms with Gasteiger partial charge in [0, 0.05) is 37.4 Å². The highest BCUT2D eigenvalue weighted by Crippen LogP contribution is 2.40. The van der Waals surface area contributed by atoms with Crippen molar-refractivity contribution in [2.75, 3.05) is 38.2 Å². The summed E-state index contributed by atoms with van der Waals surface area (Å²) in [5, 5.41) is 13.2. The first-order valence-corrected chi connectivity index (χ1v) is 11.6. The van der Waals surface area contributed by atoms with Crippen LogP contribution in [-0.2, 0) is 4.74 Å². The number of anilines is 1. The Morgan fingerprint density at radius 2 is 1.50 bits per heavy atom. The van der Waals surface area contributed by atoms with E-state index in [-0.39, 0.29) is 17.8 Å². The van der Waals surface area contributed by atoms with Crippen molar-refractivity contribution in [3.63, 3.8) is 0 Å². The Labute approximate surface area is 199 Å². The van der Waals surface area contributed by atoms with Gasteiger partial charge in [0.05, 0.1) is 18.7 Å². The second-order valence-electron chi connectivity index (χ2n) is 8.59. The molecule has 1 atom stereocenters. The predicted octanol–water partition coefficient (Wildman–Crippen LogP) is 5.24. The molecule has 1 aliphatic heterocycles. The third-order valence-corrected chi connectivity index (χ3v) is 6.67. The van der Waals surface area contributed by atoms with Crippen molar-refractivity contribution < 1.29 is 14.6 Å². The van der Waals surface area contributed by atoms with Crippen LogP contribution in [0.2, 0.25) is 0 Å². The minimum atomic E-state index is -0.354. The fourth-order valence-corrected chi connectivity index (χ4v) is 4.93. The highest BCUT2D eigenvalue weighted by Gasteiger charge is 2.30. The Balaban J connectivity index is 1.54. The number of carbonyl (C=O) groups is 1. The first-order valence-electron chi connectivity index (χ1n) is 11.6. The standard InChI is InChI=1S/C29H28N2O3/c1-34-29(33)23-13-11-22(12-14-23)28(27-25-10-6-5-7-21(25)15-16-26(27)32)31-19-17-30(18-20-31)24-8-3-2-4-9-24/h2-16,28,32H,17-20H2,1H3/t28-/m1/s1. The molecular weight excluding hydrogens is 424 g/mol. The summed E-state index contributed by atoms with van der Waals surface area (Å²) in [7, 11) is 1.39. The Hall–Kier alpha value is -3.83. The SMILES string of the molecule is COC(=O)c1ccc([C@H](c2c(O)ccc3ccccc23)N2CCN(c3ccccc3)CC2)cc1. The lowest BCUT2D eigenvalue weighted by Gasteiger charge is -2.41. The molecule has 0 spiro atoms. The number of benzene rings is 4. The lowest BCUT2D eigenvalue weighted by molar-refractivity contribution is 0.0600. The number of ether oxygens (including phenoxy) is 1. The zero-order chi connectivity index (χ0) is 23.5. The molecule has 4 aromatic carbocycles. The van der Waals surface area contributed by atoms with Crippen molar-refractivity contribution in [2.24, 2.45) is 0 Å². The minimum Gasteiger partial charge on any atom is -0.508 e. The van der Waals surface area contributed by atoms with E-state index in [4.69, 9.17) is 4.74 Å². The summed E-state index contributed by atoms with van der Waals surface area (Å²) in [4.78, 5) is 16.8. The maximum atomic E-state index is 12.0. The van der Waals surface area contributed by atoms with Gasteiger partial charge in [-0.25, -0.2) is 4.79 Å². The maximum absolute atomic E-state index is 12.0. The normalized spacial score (nSPS) is 15.3. The van der Waals surface area contributed by atoms with Gasteiger partial charge in [0.15, 0.2) is 0 Å². The zero-order valence-electron chi connectivity index (χ0n) is 19.2.